The fourth-order valence-corrected chi connectivity index (χ4v) is 1.56. The monoisotopic (exact) mass is 297 g/mol. The van der Waals surface area contributed by atoms with Gasteiger partial charge in [-0.15, -0.1) is 6.58 Å². The molecular weight excluding hydrogens is 282 g/mol. The van der Waals surface area contributed by atoms with Crippen LogP contribution in [0.5, 0.6) is 0 Å². The van der Waals surface area contributed by atoms with Crippen molar-refractivity contribution in [2.45, 2.75) is 19.4 Å². The molecule has 0 saturated heterocycles. The van der Waals surface area contributed by atoms with Crippen LogP contribution in [0.4, 0.5) is 5.82 Å². The molecule has 0 saturated carbocycles. The molecule has 92 valence electrons. The second-order valence-corrected chi connectivity index (χ2v) is 4.45. The summed E-state index contributed by atoms with van der Waals surface area (Å²) in [6, 6.07) is 3.50. The normalized spacial score (nSPS) is 11.9. The smallest absolute Gasteiger partial charge is 0.242 e. The summed E-state index contributed by atoms with van der Waals surface area (Å²) in [6.45, 7) is 5.48. The van der Waals surface area contributed by atoms with Gasteiger partial charge in [0.1, 0.15) is 10.4 Å². The van der Waals surface area contributed by atoms with E-state index in [2.05, 4.69) is 38.1 Å². The predicted molar refractivity (Wildman–Crippen MR) is 73.0 cm³/mol. The number of anilines is 1. The Morgan fingerprint density at radius 2 is 2.35 bits per heavy atom. The number of allylic oxidation sites excluding steroid dienone is 1. The highest BCUT2D eigenvalue weighted by Crippen LogP contribution is 2.18. The number of carbonyl (C=O) groups is 1. The third kappa shape index (κ3) is 3.94. The number of nitrogens with zero attached hydrogens (tertiary/aromatic N) is 1. The maximum atomic E-state index is 11.8. The van der Waals surface area contributed by atoms with Crippen molar-refractivity contribution in [1.29, 1.82) is 0 Å². The number of rotatable bonds is 5. The molecule has 0 aliphatic heterocycles. The highest BCUT2D eigenvalue weighted by Gasteiger charge is 2.13. The van der Waals surface area contributed by atoms with Crippen LogP contribution in [0.2, 0.25) is 0 Å². The predicted octanol–water partition coefficient (Wildman–Crippen LogP) is 2.12. The molecule has 0 fully saturated rings. The molecule has 0 aromatic carbocycles. The van der Waals surface area contributed by atoms with Gasteiger partial charge in [-0.25, -0.2) is 4.98 Å². The van der Waals surface area contributed by atoms with E-state index in [0.717, 1.165) is 5.56 Å². The van der Waals surface area contributed by atoms with Gasteiger partial charge < -0.3 is 10.6 Å². The van der Waals surface area contributed by atoms with E-state index in [1.807, 2.05) is 12.1 Å². The van der Waals surface area contributed by atoms with Crippen LogP contribution in [0.3, 0.4) is 0 Å². The van der Waals surface area contributed by atoms with E-state index < -0.39 is 0 Å². The summed E-state index contributed by atoms with van der Waals surface area (Å²) in [5.74, 6) is 0.467. The molecule has 1 amide bonds. The fourth-order valence-electron chi connectivity index (χ4n) is 1.25. The van der Waals surface area contributed by atoms with Crippen LogP contribution in [-0.4, -0.2) is 24.0 Å². The van der Waals surface area contributed by atoms with Crippen LogP contribution < -0.4 is 10.6 Å². The Balaban J connectivity index is 2.91. The zero-order chi connectivity index (χ0) is 12.8. The first-order valence-electron chi connectivity index (χ1n) is 5.33. The van der Waals surface area contributed by atoms with Gasteiger partial charge in [-0.2, -0.15) is 0 Å². The van der Waals surface area contributed by atoms with Crippen LogP contribution >= 0.6 is 15.9 Å². The van der Waals surface area contributed by atoms with Gasteiger partial charge in [-0.05, 0) is 48.0 Å². The van der Waals surface area contributed by atoms with Crippen molar-refractivity contribution in [3.63, 3.8) is 0 Å². The standard InChI is InChI=1S/C12H16BrN3O/c1-4-5-9-6-7-10(13)15-11(9)16-12(17)8(2)14-3/h4,6-8,14H,1,5H2,2-3H3,(H,15,16,17). The maximum absolute atomic E-state index is 11.8. The number of carbonyl (C=O) groups excluding carboxylic acids is 1. The molecule has 4 nitrogen and oxygen atoms in total. The molecule has 0 bridgehead atoms. The summed E-state index contributed by atoms with van der Waals surface area (Å²) in [7, 11) is 1.74. The second-order valence-electron chi connectivity index (χ2n) is 3.63. The molecular formula is C12H16BrN3O. The summed E-state index contributed by atoms with van der Waals surface area (Å²) < 4.78 is 0.692. The van der Waals surface area contributed by atoms with E-state index in [4.69, 9.17) is 0 Å². The Kier molecular flexibility index (Phi) is 5.31. The molecule has 0 radical (unpaired) electrons. The first-order chi connectivity index (χ1) is 8.08. The van der Waals surface area contributed by atoms with Crippen molar-refractivity contribution in [3.8, 4) is 0 Å². The molecule has 0 aliphatic carbocycles. The van der Waals surface area contributed by atoms with E-state index in [9.17, 15) is 4.79 Å². The lowest BCUT2D eigenvalue weighted by Gasteiger charge is -2.13. The fraction of sp³-hybridized carbons (Fsp3) is 0.333. The van der Waals surface area contributed by atoms with E-state index in [0.29, 0.717) is 16.8 Å². The van der Waals surface area contributed by atoms with Gasteiger partial charge in [0.15, 0.2) is 0 Å². The Morgan fingerprint density at radius 1 is 1.65 bits per heavy atom. The summed E-state index contributed by atoms with van der Waals surface area (Å²) >= 11 is 3.29. The van der Waals surface area contributed by atoms with Crippen molar-refractivity contribution in [2.24, 2.45) is 0 Å². The molecule has 5 heteroatoms. The largest absolute Gasteiger partial charge is 0.309 e. The zero-order valence-electron chi connectivity index (χ0n) is 9.96. The van der Waals surface area contributed by atoms with Gasteiger partial charge in [0.25, 0.3) is 0 Å². The Hall–Kier alpha value is -1.20. The number of halogens is 1. The minimum absolute atomic E-state index is 0.108. The van der Waals surface area contributed by atoms with Crippen molar-refractivity contribution in [3.05, 3.63) is 35.0 Å². The topological polar surface area (TPSA) is 54.0 Å². The maximum Gasteiger partial charge on any atom is 0.242 e. The third-order valence-electron chi connectivity index (χ3n) is 2.38. The van der Waals surface area contributed by atoms with Gasteiger partial charge >= 0.3 is 0 Å². The van der Waals surface area contributed by atoms with Crippen LogP contribution in [-0.2, 0) is 11.2 Å². The molecule has 0 aliphatic rings. The lowest BCUT2D eigenvalue weighted by molar-refractivity contribution is -0.117. The molecule has 1 unspecified atom stereocenters. The number of hydrogen-bond acceptors (Lipinski definition) is 3. The number of amides is 1. The SMILES string of the molecule is C=CCc1ccc(Br)nc1NC(=O)C(C)NC. The average molecular weight is 298 g/mol. The lowest BCUT2D eigenvalue weighted by atomic mass is 10.2. The van der Waals surface area contributed by atoms with Crippen LogP contribution in [0.1, 0.15) is 12.5 Å². The van der Waals surface area contributed by atoms with E-state index in [-0.39, 0.29) is 11.9 Å². The van der Waals surface area contributed by atoms with Crippen molar-refractivity contribution >= 4 is 27.7 Å². The van der Waals surface area contributed by atoms with Gasteiger partial charge in [0.05, 0.1) is 6.04 Å². The summed E-state index contributed by atoms with van der Waals surface area (Å²) in [4.78, 5) is 16.0. The molecule has 2 N–H and O–H groups in total. The average Bonchev–Trinajstić information content (AvgIpc) is 2.31. The number of nitrogens with one attached hydrogen (secondary N) is 2. The summed E-state index contributed by atoms with van der Waals surface area (Å²) in [5, 5.41) is 5.68. The molecule has 17 heavy (non-hydrogen) atoms. The minimum Gasteiger partial charge on any atom is -0.309 e. The first-order valence-corrected chi connectivity index (χ1v) is 6.12. The second kappa shape index (κ2) is 6.51. The van der Waals surface area contributed by atoms with Gasteiger partial charge in [-0.1, -0.05) is 12.1 Å². The van der Waals surface area contributed by atoms with Crippen molar-refractivity contribution in [2.75, 3.05) is 12.4 Å². The highest BCUT2D eigenvalue weighted by atomic mass is 79.9. The lowest BCUT2D eigenvalue weighted by Crippen LogP contribution is -2.36. The Morgan fingerprint density at radius 3 is 2.94 bits per heavy atom. The molecule has 1 aromatic heterocycles. The molecule has 0 spiro atoms. The third-order valence-corrected chi connectivity index (χ3v) is 2.82. The number of hydrogen-bond donors (Lipinski definition) is 2. The minimum atomic E-state index is -0.257. The summed E-state index contributed by atoms with van der Waals surface area (Å²) in [5.41, 5.74) is 0.944. The van der Waals surface area contributed by atoms with Gasteiger partial charge in [0, 0.05) is 0 Å². The van der Waals surface area contributed by atoms with Gasteiger partial charge in [-0.3, -0.25) is 4.79 Å². The molecule has 1 aromatic rings. The van der Waals surface area contributed by atoms with E-state index in [1.165, 1.54) is 0 Å². The molecule has 1 atom stereocenters. The Bertz CT molecular complexity index is 420. The quantitative estimate of drug-likeness (QED) is 0.647. The van der Waals surface area contributed by atoms with Crippen LogP contribution in [0.25, 0.3) is 0 Å². The molecule has 1 heterocycles. The summed E-state index contributed by atoms with van der Waals surface area (Å²) in [6.07, 6.45) is 2.45. The van der Waals surface area contributed by atoms with E-state index >= 15 is 0 Å². The first kappa shape index (κ1) is 13.9. The Labute approximate surface area is 110 Å². The van der Waals surface area contributed by atoms with Crippen LogP contribution in [0, 0.1) is 0 Å². The van der Waals surface area contributed by atoms with Crippen molar-refractivity contribution in [1.82, 2.24) is 10.3 Å². The highest BCUT2D eigenvalue weighted by molar-refractivity contribution is 9.10. The number of likely N-dealkylation sites (N-methyl/N-ethyl adjacent to an activating group) is 1. The number of pyridine rings is 1. The van der Waals surface area contributed by atoms with Crippen molar-refractivity contribution < 1.29 is 4.79 Å². The molecule has 1 rings (SSSR count). The zero-order valence-corrected chi connectivity index (χ0v) is 11.5. The number of aromatic nitrogens is 1. The van der Waals surface area contributed by atoms with Crippen LogP contribution in [0.15, 0.2) is 29.4 Å². The van der Waals surface area contributed by atoms with E-state index in [1.54, 1.807) is 20.0 Å². The van der Waals surface area contributed by atoms with Gasteiger partial charge in [0.2, 0.25) is 5.91 Å².